The molecule has 1 aliphatic heterocycles. The molecule has 0 radical (unpaired) electrons. The molecule has 45 heavy (non-hydrogen) atoms. The third kappa shape index (κ3) is 4.35. The summed E-state index contributed by atoms with van der Waals surface area (Å²) in [5.41, 5.74) is 10.2. The smallest absolute Gasteiger partial charge is 0.160 e. The maximum Gasteiger partial charge on any atom is 0.160 e. The monoisotopic (exact) mass is 575 g/mol. The van der Waals surface area contributed by atoms with Crippen LogP contribution in [0.5, 0.6) is 11.5 Å². The Balaban J connectivity index is 1.14. The fraction of sp³-hybridized carbons (Fsp3) is 0. The predicted molar refractivity (Wildman–Crippen MR) is 182 cm³/mol. The molecule has 0 saturated carbocycles. The van der Waals surface area contributed by atoms with Crippen LogP contribution in [0.25, 0.3) is 77.8 Å². The van der Waals surface area contributed by atoms with Crippen LogP contribution in [0.4, 0.5) is 0 Å². The van der Waals surface area contributed by atoms with E-state index in [-0.39, 0.29) is 0 Å². The molecule has 1 aliphatic rings. The van der Waals surface area contributed by atoms with E-state index in [9.17, 15) is 0 Å². The first-order chi connectivity index (χ1) is 22.3. The summed E-state index contributed by atoms with van der Waals surface area (Å²) >= 11 is 0. The molecule has 210 valence electrons. The average molecular weight is 576 g/mol. The lowest BCUT2D eigenvalue weighted by molar-refractivity contribution is 0.487. The van der Waals surface area contributed by atoms with Gasteiger partial charge >= 0.3 is 0 Å². The van der Waals surface area contributed by atoms with E-state index in [0.29, 0.717) is 5.82 Å². The van der Waals surface area contributed by atoms with E-state index < -0.39 is 0 Å². The second kappa shape index (κ2) is 10.2. The maximum atomic E-state index is 6.31. The van der Waals surface area contributed by atoms with Crippen molar-refractivity contribution in [3.63, 3.8) is 0 Å². The first kappa shape index (κ1) is 25.4. The van der Waals surface area contributed by atoms with Crippen molar-refractivity contribution in [2.45, 2.75) is 0 Å². The molecular formula is C41H25N3O. The highest BCUT2D eigenvalue weighted by molar-refractivity contribution is 6.10. The van der Waals surface area contributed by atoms with Crippen LogP contribution in [0.3, 0.4) is 0 Å². The van der Waals surface area contributed by atoms with Crippen LogP contribution in [-0.4, -0.2) is 15.0 Å². The number of fused-ring (bicyclic) bond motifs is 3. The van der Waals surface area contributed by atoms with Crippen LogP contribution >= 0.6 is 0 Å². The Labute approximate surface area is 260 Å². The van der Waals surface area contributed by atoms with Crippen LogP contribution in [0, 0.1) is 0 Å². The molecule has 6 aromatic carbocycles. The van der Waals surface area contributed by atoms with Gasteiger partial charge in [0.05, 0.1) is 16.9 Å². The van der Waals surface area contributed by atoms with E-state index >= 15 is 0 Å². The largest absolute Gasteiger partial charge is 0.456 e. The first-order valence-electron chi connectivity index (χ1n) is 15.0. The molecule has 4 heteroatoms. The van der Waals surface area contributed by atoms with Crippen molar-refractivity contribution in [2.24, 2.45) is 0 Å². The summed E-state index contributed by atoms with van der Waals surface area (Å²) in [4.78, 5) is 14.9. The quantitative estimate of drug-likeness (QED) is 0.209. The van der Waals surface area contributed by atoms with Crippen LogP contribution < -0.4 is 4.74 Å². The van der Waals surface area contributed by atoms with Gasteiger partial charge in [-0.1, -0.05) is 109 Å². The summed E-state index contributed by atoms with van der Waals surface area (Å²) in [6, 6.07) is 50.0. The molecule has 0 atom stereocenters. The molecule has 2 aromatic heterocycles. The second-order valence-corrected chi connectivity index (χ2v) is 11.3. The molecule has 0 fully saturated rings. The first-order valence-corrected chi connectivity index (χ1v) is 15.0. The Morgan fingerprint density at radius 3 is 2.02 bits per heavy atom. The van der Waals surface area contributed by atoms with E-state index in [1.807, 2.05) is 66.9 Å². The van der Waals surface area contributed by atoms with Gasteiger partial charge in [0.25, 0.3) is 0 Å². The van der Waals surface area contributed by atoms with Crippen LogP contribution in [0.1, 0.15) is 0 Å². The van der Waals surface area contributed by atoms with Crippen molar-refractivity contribution in [3.8, 4) is 67.7 Å². The molecule has 3 heterocycles. The maximum absolute atomic E-state index is 6.31. The van der Waals surface area contributed by atoms with Crippen molar-refractivity contribution >= 4 is 21.7 Å². The lowest BCUT2D eigenvalue weighted by Crippen LogP contribution is -1.97. The lowest BCUT2D eigenvalue weighted by Gasteiger charge is -2.22. The van der Waals surface area contributed by atoms with E-state index in [0.717, 1.165) is 77.9 Å². The molecule has 9 rings (SSSR count). The van der Waals surface area contributed by atoms with Gasteiger partial charge in [-0.05, 0) is 52.9 Å². The second-order valence-electron chi connectivity index (χ2n) is 11.3. The molecule has 0 bridgehead atoms. The number of hydrogen-bond donors (Lipinski definition) is 0. The average Bonchev–Trinajstić information content (AvgIpc) is 3.12. The molecule has 0 unspecified atom stereocenters. The van der Waals surface area contributed by atoms with E-state index in [2.05, 4.69) is 84.9 Å². The van der Waals surface area contributed by atoms with Crippen molar-refractivity contribution in [1.82, 2.24) is 15.0 Å². The van der Waals surface area contributed by atoms with Crippen molar-refractivity contribution in [2.75, 3.05) is 0 Å². The highest BCUT2D eigenvalue weighted by Crippen LogP contribution is 2.48. The van der Waals surface area contributed by atoms with E-state index in [1.54, 1.807) is 0 Å². The lowest BCUT2D eigenvalue weighted by atomic mass is 9.90. The van der Waals surface area contributed by atoms with Crippen LogP contribution in [0.2, 0.25) is 0 Å². The molecule has 0 aliphatic carbocycles. The number of pyridine rings is 1. The Kier molecular flexibility index (Phi) is 5.78. The summed E-state index contributed by atoms with van der Waals surface area (Å²) in [6.07, 6.45) is 1.97. The number of benzene rings is 6. The normalized spacial score (nSPS) is 11.7. The number of rotatable bonds is 4. The molecule has 8 aromatic rings. The minimum Gasteiger partial charge on any atom is -0.456 e. The van der Waals surface area contributed by atoms with Gasteiger partial charge < -0.3 is 4.74 Å². The highest BCUT2D eigenvalue weighted by Gasteiger charge is 2.21. The van der Waals surface area contributed by atoms with Crippen molar-refractivity contribution < 1.29 is 4.74 Å². The summed E-state index contributed by atoms with van der Waals surface area (Å²) in [7, 11) is 0. The Morgan fingerprint density at radius 1 is 0.444 bits per heavy atom. The summed E-state index contributed by atoms with van der Waals surface area (Å²) < 4.78 is 6.31. The van der Waals surface area contributed by atoms with E-state index in [1.165, 1.54) is 5.56 Å². The van der Waals surface area contributed by atoms with Gasteiger partial charge in [-0.3, -0.25) is 4.98 Å². The third-order valence-corrected chi connectivity index (χ3v) is 8.52. The minimum atomic E-state index is 0.699. The topological polar surface area (TPSA) is 47.9 Å². The van der Waals surface area contributed by atoms with Gasteiger partial charge in [-0.15, -0.1) is 0 Å². The zero-order valence-electron chi connectivity index (χ0n) is 24.2. The standard InChI is InChI=1S/C41H25N3O/c1-3-10-26(11-4-1)36-24-37(44-41(43-36)27-12-5-2-6-13-27)29-19-18-28-22-30(25-42-35(28)23-29)31-20-21-39-40-33(31)15-9-16-34(40)32-14-7-8-17-38(32)45-39/h1-25H. The van der Waals surface area contributed by atoms with Gasteiger partial charge in [0.15, 0.2) is 5.82 Å². The highest BCUT2D eigenvalue weighted by atomic mass is 16.5. The van der Waals surface area contributed by atoms with Crippen molar-refractivity contribution in [3.05, 3.63) is 152 Å². The summed E-state index contributed by atoms with van der Waals surface area (Å²) in [5.74, 6) is 2.48. The van der Waals surface area contributed by atoms with Gasteiger partial charge in [0.1, 0.15) is 11.5 Å². The van der Waals surface area contributed by atoms with Gasteiger partial charge in [0.2, 0.25) is 0 Å². The molecule has 4 nitrogen and oxygen atoms in total. The summed E-state index contributed by atoms with van der Waals surface area (Å²) in [5, 5.41) is 3.36. The van der Waals surface area contributed by atoms with Crippen molar-refractivity contribution in [1.29, 1.82) is 0 Å². The fourth-order valence-electron chi connectivity index (χ4n) is 6.33. The predicted octanol–water partition coefficient (Wildman–Crippen LogP) is 10.6. The number of hydrogen-bond acceptors (Lipinski definition) is 4. The Morgan fingerprint density at radius 2 is 1.18 bits per heavy atom. The summed E-state index contributed by atoms with van der Waals surface area (Å²) in [6.45, 7) is 0. The molecule has 0 spiro atoms. The number of para-hydroxylation sites is 1. The zero-order chi connectivity index (χ0) is 29.7. The fourth-order valence-corrected chi connectivity index (χ4v) is 6.33. The van der Waals surface area contributed by atoms with Gasteiger partial charge in [-0.2, -0.15) is 0 Å². The van der Waals surface area contributed by atoms with Gasteiger partial charge in [0, 0.05) is 44.8 Å². The third-order valence-electron chi connectivity index (χ3n) is 8.52. The number of ether oxygens (including phenoxy) is 1. The Hall–Kier alpha value is -6.13. The van der Waals surface area contributed by atoms with Crippen LogP contribution in [0.15, 0.2) is 152 Å². The zero-order valence-corrected chi connectivity index (χ0v) is 24.2. The molecular weight excluding hydrogens is 550 g/mol. The number of aromatic nitrogens is 3. The minimum absolute atomic E-state index is 0.699. The van der Waals surface area contributed by atoms with E-state index in [4.69, 9.17) is 19.7 Å². The van der Waals surface area contributed by atoms with Gasteiger partial charge in [-0.25, -0.2) is 9.97 Å². The number of nitrogens with zero attached hydrogens (tertiary/aromatic N) is 3. The Bertz CT molecular complexity index is 2340. The molecule has 0 N–H and O–H groups in total. The molecule has 0 saturated heterocycles. The molecule has 0 amide bonds. The SMILES string of the molecule is c1ccc(-c2cc(-c3ccc4cc(-c5ccc6c7c(cccc57)-c5ccccc5O6)cnc4c3)nc(-c3ccccc3)n2)cc1. The van der Waals surface area contributed by atoms with Crippen LogP contribution in [-0.2, 0) is 0 Å².